The highest BCUT2D eigenvalue weighted by atomic mass is 16.6. The van der Waals surface area contributed by atoms with Crippen LogP contribution in [0.4, 0.5) is 4.79 Å². The maximum Gasteiger partial charge on any atom is 0.407 e. The molecule has 0 spiro atoms. The van der Waals surface area contributed by atoms with E-state index in [4.69, 9.17) is 4.74 Å². The summed E-state index contributed by atoms with van der Waals surface area (Å²) in [6.07, 6.45) is -0.356. The Morgan fingerprint density at radius 3 is 2.00 bits per heavy atom. The third-order valence-corrected chi connectivity index (χ3v) is 3.20. The number of nitrogens with one attached hydrogen (secondary N) is 2. The summed E-state index contributed by atoms with van der Waals surface area (Å²) < 4.78 is 5.19. The number of carbonyl (C=O) groups is 1. The number of ether oxygens (including phenoxy) is 1. The SMILES string of the molecule is CC(CNC(=O)OC(C)(C)C)NCC(C)C(C)(C)C. The summed E-state index contributed by atoms with van der Waals surface area (Å²) in [5, 5.41) is 6.21. The largest absolute Gasteiger partial charge is 0.444 e. The Kier molecular flexibility index (Phi) is 6.84. The van der Waals surface area contributed by atoms with Crippen LogP contribution in [0.2, 0.25) is 0 Å². The van der Waals surface area contributed by atoms with Crippen LogP contribution in [0, 0.1) is 11.3 Å². The summed E-state index contributed by atoms with van der Waals surface area (Å²) in [7, 11) is 0. The molecule has 19 heavy (non-hydrogen) atoms. The first-order chi connectivity index (χ1) is 8.42. The fraction of sp³-hybridized carbons (Fsp3) is 0.933. The predicted molar refractivity (Wildman–Crippen MR) is 80.3 cm³/mol. The molecular weight excluding hydrogens is 240 g/mol. The molecule has 0 aliphatic heterocycles. The van der Waals surface area contributed by atoms with Crippen molar-refractivity contribution in [2.45, 2.75) is 67.0 Å². The van der Waals surface area contributed by atoms with Crippen molar-refractivity contribution in [3.63, 3.8) is 0 Å². The van der Waals surface area contributed by atoms with Gasteiger partial charge in [-0.05, 0) is 45.6 Å². The van der Waals surface area contributed by atoms with Gasteiger partial charge in [0.05, 0.1) is 0 Å². The van der Waals surface area contributed by atoms with Crippen molar-refractivity contribution in [3.05, 3.63) is 0 Å². The zero-order valence-electron chi connectivity index (χ0n) is 13.9. The molecule has 2 N–H and O–H groups in total. The first-order valence-corrected chi connectivity index (χ1v) is 7.12. The maximum absolute atomic E-state index is 11.5. The van der Waals surface area contributed by atoms with Crippen LogP contribution in [-0.2, 0) is 4.74 Å². The number of rotatable bonds is 5. The van der Waals surface area contributed by atoms with Crippen LogP contribution in [0.15, 0.2) is 0 Å². The minimum Gasteiger partial charge on any atom is -0.444 e. The summed E-state index contributed by atoms with van der Waals surface area (Å²) in [6.45, 7) is 18.1. The van der Waals surface area contributed by atoms with Gasteiger partial charge in [-0.1, -0.05) is 27.7 Å². The molecule has 0 aromatic carbocycles. The fourth-order valence-electron chi connectivity index (χ4n) is 1.31. The van der Waals surface area contributed by atoms with Gasteiger partial charge in [0.25, 0.3) is 0 Å². The number of alkyl carbamates (subject to hydrolysis) is 1. The van der Waals surface area contributed by atoms with Gasteiger partial charge in [-0.25, -0.2) is 4.79 Å². The Morgan fingerprint density at radius 2 is 1.58 bits per heavy atom. The number of amides is 1. The average molecular weight is 272 g/mol. The minimum absolute atomic E-state index is 0.234. The average Bonchev–Trinajstić information content (AvgIpc) is 2.19. The molecule has 2 atom stereocenters. The second-order valence-corrected chi connectivity index (χ2v) is 7.46. The molecule has 0 aliphatic carbocycles. The highest BCUT2D eigenvalue weighted by Crippen LogP contribution is 2.24. The summed E-state index contributed by atoms with van der Waals surface area (Å²) in [6, 6.07) is 0.234. The molecule has 1 amide bonds. The molecule has 2 unspecified atom stereocenters. The Hall–Kier alpha value is -0.770. The van der Waals surface area contributed by atoms with Gasteiger partial charge in [-0.15, -0.1) is 0 Å². The zero-order chi connectivity index (χ0) is 15.3. The van der Waals surface area contributed by atoms with Crippen LogP contribution < -0.4 is 10.6 Å². The van der Waals surface area contributed by atoms with Gasteiger partial charge in [0.15, 0.2) is 0 Å². The van der Waals surface area contributed by atoms with Gasteiger partial charge in [-0.3, -0.25) is 0 Å². The van der Waals surface area contributed by atoms with Crippen molar-refractivity contribution in [1.82, 2.24) is 10.6 Å². The van der Waals surface area contributed by atoms with E-state index in [1.807, 2.05) is 20.8 Å². The van der Waals surface area contributed by atoms with E-state index in [2.05, 4.69) is 45.3 Å². The summed E-state index contributed by atoms with van der Waals surface area (Å²) in [5.74, 6) is 0.580. The van der Waals surface area contributed by atoms with E-state index in [0.717, 1.165) is 6.54 Å². The highest BCUT2D eigenvalue weighted by Gasteiger charge is 2.20. The topological polar surface area (TPSA) is 50.4 Å². The van der Waals surface area contributed by atoms with Crippen LogP contribution >= 0.6 is 0 Å². The molecule has 0 saturated carbocycles. The van der Waals surface area contributed by atoms with Crippen molar-refractivity contribution in [2.24, 2.45) is 11.3 Å². The number of carbonyl (C=O) groups excluding carboxylic acids is 1. The van der Waals surface area contributed by atoms with E-state index in [-0.39, 0.29) is 12.1 Å². The third kappa shape index (κ3) is 9.77. The molecule has 4 heteroatoms. The van der Waals surface area contributed by atoms with E-state index in [0.29, 0.717) is 17.9 Å². The molecular formula is C15H32N2O2. The molecule has 0 aliphatic rings. The molecule has 0 aromatic heterocycles. The molecule has 0 saturated heterocycles. The molecule has 0 bridgehead atoms. The zero-order valence-corrected chi connectivity index (χ0v) is 13.9. The normalized spacial score (nSPS) is 15.8. The molecule has 0 heterocycles. The van der Waals surface area contributed by atoms with Crippen molar-refractivity contribution in [2.75, 3.05) is 13.1 Å². The molecule has 0 fully saturated rings. The van der Waals surface area contributed by atoms with Crippen LogP contribution in [0.1, 0.15) is 55.4 Å². The Morgan fingerprint density at radius 1 is 1.05 bits per heavy atom. The lowest BCUT2D eigenvalue weighted by molar-refractivity contribution is 0.0522. The Labute approximate surface area is 118 Å². The lowest BCUT2D eigenvalue weighted by Crippen LogP contribution is -2.43. The van der Waals surface area contributed by atoms with Crippen molar-refractivity contribution < 1.29 is 9.53 Å². The molecule has 0 rings (SSSR count). The quantitative estimate of drug-likeness (QED) is 0.808. The molecule has 4 nitrogen and oxygen atoms in total. The van der Waals surface area contributed by atoms with E-state index in [1.54, 1.807) is 0 Å². The third-order valence-electron chi connectivity index (χ3n) is 3.20. The lowest BCUT2D eigenvalue weighted by atomic mass is 9.82. The minimum atomic E-state index is -0.443. The maximum atomic E-state index is 11.5. The first-order valence-electron chi connectivity index (χ1n) is 7.12. The molecule has 0 radical (unpaired) electrons. The van der Waals surface area contributed by atoms with Crippen LogP contribution in [0.5, 0.6) is 0 Å². The summed E-state index contributed by atoms with van der Waals surface area (Å²) in [4.78, 5) is 11.5. The second-order valence-electron chi connectivity index (χ2n) is 7.46. The Balaban J connectivity index is 3.88. The van der Waals surface area contributed by atoms with E-state index in [1.165, 1.54) is 0 Å². The Bertz CT molecular complexity index is 277. The van der Waals surface area contributed by atoms with Gasteiger partial charge >= 0.3 is 6.09 Å². The smallest absolute Gasteiger partial charge is 0.407 e. The van der Waals surface area contributed by atoms with Crippen LogP contribution in [0.3, 0.4) is 0 Å². The van der Waals surface area contributed by atoms with Gasteiger partial charge in [-0.2, -0.15) is 0 Å². The summed E-state index contributed by atoms with van der Waals surface area (Å²) in [5.41, 5.74) is -0.146. The fourth-order valence-corrected chi connectivity index (χ4v) is 1.31. The van der Waals surface area contributed by atoms with E-state index < -0.39 is 5.60 Å². The second kappa shape index (κ2) is 7.13. The lowest BCUT2D eigenvalue weighted by Gasteiger charge is -2.29. The number of hydrogen-bond acceptors (Lipinski definition) is 3. The van der Waals surface area contributed by atoms with Crippen molar-refractivity contribution in [1.29, 1.82) is 0 Å². The first kappa shape index (κ1) is 18.2. The van der Waals surface area contributed by atoms with Gasteiger partial charge < -0.3 is 15.4 Å². The van der Waals surface area contributed by atoms with Crippen LogP contribution in [0.25, 0.3) is 0 Å². The molecule has 0 aromatic rings. The van der Waals surface area contributed by atoms with Gasteiger partial charge in [0.1, 0.15) is 5.60 Å². The predicted octanol–water partition coefficient (Wildman–Crippen LogP) is 3.17. The standard InChI is InChI=1S/C15H32N2O2/c1-11(14(3,4)5)9-16-12(2)10-17-13(18)19-15(6,7)8/h11-12,16H,9-10H2,1-8H3,(H,17,18). The van der Waals surface area contributed by atoms with E-state index >= 15 is 0 Å². The van der Waals surface area contributed by atoms with Crippen molar-refractivity contribution >= 4 is 6.09 Å². The van der Waals surface area contributed by atoms with E-state index in [9.17, 15) is 4.79 Å². The monoisotopic (exact) mass is 272 g/mol. The van der Waals surface area contributed by atoms with Gasteiger partial charge in [0, 0.05) is 12.6 Å². The van der Waals surface area contributed by atoms with Crippen molar-refractivity contribution in [3.8, 4) is 0 Å². The summed E-state index contributed by atoms with van der Waals surface area (Å²) >= 11 is 0. The molecule has 114 valence electrons. The van der Waals surface area contributed by atoms with Gasteiger partial charge in [0.2, 0.25) is 0 Å². The van der Waals surface area contributed by atoms with Crippen LogP contribution in [-0.4, -0.2) is 30.8 Å². The number of hydrogen-bond donors (Lipinski definition) is 2. The highest BCUT2D eigenvalue weighted by molar-refractivity contribution is 5.67.